The summed E-state index contributed by atoms with van der Waals surface area (Å²) in [7, 11) is 0. The number of ether oxygens (including phenoxy) is 1. The summed E-state index contributed by atoms with van der Waals surface area (Å²) in [4.78, 5) is 2.31. The fourth-order valence-electron chi connectivity index (χ4n) is 8.52. The number of hydrogen-bond donors (Lipinski definition) is 0. The van der Waals surface area contributed by atoms with Crippen molar-refractivity contribution in [2.45, 2.75) is 53.9 Å². The number of rotatable bonds is 17. The number of nitrogens with zero attached hydrogens (tertiary/aromatic N) is 1. The van der Waals surface area contributed by atoms with Crippen LogP contribution in [0.3, 0.4) is 0 Å². The lowest BCUT2D eigenvalue weighted by Crippen LogP contribution is -2.26. The van der Waals surface area contributed by atoms with Gasteiger partial charge in [0.2, 0.25) is 0 Å². The highest BCUT2D eigenvalue weighted by Gasteiger charge is 2.29. The molecule has 1 atom stereocenters. The van der Waals surface area contributed by atoms with E-state index in [4.69, 9.17) is 4.74 Å². The van der Waals surface area contributed by atoms with Gasteiger partial charge in [0, 0.05) is 33.8 Å². The molecule has 2 nitrogen and oxygen atoms in total. The van der Waals surface area contributed by atoms with Gasteiger partial charge in [0.05, 0.1) is 5.69 Å². The lowest BCUT2D eigenvalue weighted by Gasteiger charge is -2.29. The third-order valence-corrected chi connectivity index (χ3v) is 11.6. The number of benzene rings is 5. The van der Waals surface area contributed by atoms with Gasteiger partial charge in [0.15, 0.2) is 0 Å². The van der Waals surface area contributed by atoms with Gasteiger partial charge in [-0.3, -0.25) is 0 Å². The number of para-hydroxylation sites is 1. The molecule has 0 spiro atoms. The predicted octanol–water partition coefficient (Wildman–Crippen LogP) is 15.0. The van der Waals surface area contributed by atoms with Gasteiger partial charge in [-0.05, 0) is 113 Å². The highest BCUT2D eigenvalue weighted by atomic mass is 16.5. The van der Waals surface area contributed by atoms with E-state index in [-0.39, 0.29) is 5.92 Å². The minimum absolute atomic E-state index is 0.0557. The standard InChI is InChI=1S/C61H61NO/c1-11-17-29-47(15-5)60(52-33-22-19-28-44(52)9)54-35-23-20-31-49(54)42-50-40-41-58(56-36-25-24-34-53(50)56)62(43(7)8)57-37-26-21-30-48(57)39-38-46(14-4)55(32-18-12-2)61-45(10)51(16-6)59(63-61)27-13-3/h11,13-38,40-41,45H,1,4,6-7,9,12,39,42H2,2-3,5,8,10H3/b27-13-,29-17-,32-18-,46-38+,47-15+,60-52-,61-55-. The van der Waals surface area contributed by atoms with Crippen molar-refractivity contribution in [2.24, 2.45) is 5.92 Å². The van der Waals surface area contributed by atoms with Gasteiger partial charge in [-0.1, -0.05) is 205 Å². The minimum Gasteiger partial charge on any atom is -0.460 e. The Balaban J connectivity index is 1.43. The quantitative estimate of drug-likeness (QED) is 0.0866. The molecular weight excluding hydrogens is 763 g/mol. The molecule has 5 aromatic carbocycles. The van der Waals surface area contributed by atoms with Gasteiger partial charge in [-0.2, -0.15) is 0 Å². The molecule has 1 unspecified atom stereocenters. The third kappa shape index (κ3) is 9.98. The minimum atomic E-state index is 0.0557. The Labute approximate surface area is 376 Å². The fraction of sp³-hybridized carbons (Fsp3) is 0.148. The topological polar surface area (TPSA) is 12.5 Å². The van der Waals surface area contributed by atoms with E-state index in [2.05, 4.69) is 199 Å². The molecule has 316 valence electrons. The zero-order chi connectivity index (χ0) is 44.9. The maximum atomic E-state index is 6.55. The molecule has 0 amide bonds. The average Bonchev–Trinajstić information content (AvgIpc) is 3.61. The molecule has 0 radical (unpaired) electrons. The molecule has 1 heterocycles. The summed E-state index contributed by atoms with van der Waals surface area (Å²) in [5, 5.41) is 4.46. The maximum absolute atomic E-state index is 6.55. The zero-order valence-corrected chi connectivity index (χ0v) is 37.8. The Morgan fingerprint density at radius 2 is 1.46 bits per heavy atom. The summed E-state index contributed by atoms with van der Waals surface area (Å²) in [6, 6.07) is 39.1. The molecule has 1 aliphatic heterocycles. The van der Waals surface area contributed by atoms with Crippen molar-refractivity contribution in [3.8, 4) is 0 Å². The Hall–Kier alpha value is -7.16. The predicted molar refractivity (Wildman–Crippen MR) is 274 cm³/mol. The SMILES string of the molecule is C=C\C=C/C(=C\C)C(/c1ccccc1Cc1ccc(N(C(=C)C)c2ccccc2C/C=C(C=C)/C(/C=C\CC)=C2\OC(/C=C\C)=C(C=C)C2C)c2ccccc12)=c1\ccccc1=C. The third-order valence-electron chi connectivity index (χ3n) is 11.6. The molecule has 0 aromatic heterocycles. The normalized spacial score (nSPS) is 15.9. The van der Waals surface area contributed by atoms with E-state index in [9.17, 15) is 0 Å². The molecule has 0 saturated heterocycles. The number of fused-ring (bicyclic) bond motifs is 1. The second-order valence-electron chi connectivity index (χ2n) is 15.7. The Morgan fingerprint density at radius 1 is 0.762 bits per heavy atom. The van der Waals surface area contributed by atoms with Crippen molar-refractivity contribution in [3.63, 3.8) is 0 Å². The van der Waals surface area contributed by atoms with Crippen molar-refractivity contribution in [2.75, 3.05) is 4.90 Å². The summed E-state index contributed by atoms with van der Waals surface area (Å²) in [6.07, 6.45) is 24.9. The highest BCUT2D eigenvalue weighted by molar-refractivity contribution is 5.99. The van der Waals surface area contributed by atoms with Crippen LogP contribution in [0.15, 0.2) is 242 Å². The van der Waals surface area contributed by atoms with E-state index >= 15 is 0 Å². The van der Waals surface area contributed by atoms with E-state index < -0.39 is 0 Å². The molecule has 5 aromatic rings. The van der Waals surface area contributed by atoms with Crippen LogP contribution in [0, 0.1) is 5.92 Å². The summed E-state index contributed by atoms with van der Waals surface area (Å²) >= 11 is 0. The van der Waals surface area contributed by atoms with Gasteiger partial charge in [-0.15, -0.1) is 0 Å². The number of anilines is 2. The number of hydrogen-bond acceptors (Lipinski definition) is 2. The molecule has 0 bridgehead atoms. The summed E-state index contributed by atoms with van der Waals surface area (Å²) in [5.74, 6) is 1.81. The first-order valence-corrected chi connectivity index (χ1v) is 22.0. The van der Waals surface area contributed by atoms with E-state index in [1.807, 2.05) is 49.4 Å². The molecule has 6 rings (SSSR count). The van der Waals surface area contributed by atoms with Crippen LogP contribution in [-0.2, 0) is 17.6 Å². The van der Waals surface area contributed by atoms with Crippen molar-refractivity contribution in [3.05, 3.63) is 275 Å². The zero-order valence-electron chi connectivity index (χ0n) is 37.8. The van der Waals surface area contributed by atoms with Crippen LogP contribution in [0.4, 0.5) is 11.4 Å². The molecule has 0 saturated carbocycles. The van der Waals surface area contributed by atoms with Gasteiger partial charge in [0.25, 0.3) is 0 Å². The van der Waals surface area contributed by atoms with Gasteiger partial charge in [-0.25, -0.2) is 0 Å². The Bertz CT molecular complexity index is 2880. The van der Waals surface area contributed by atoms with Gasteiger partial charge >= 0.3 is 0 Å². The van der Waals surface area contributed by atoms with Crippen LogP contribution >= 0.6 is 0 Å². The van der Waals surface area contributed by atoms with Crippen LogP contribution in [0.25, 0.3) is 22.9 Å². The maximum Gasteiger partial charge on any atom is 0.130 e. The summed E-state index contributed by atoms with van der Waals surface area (Å²) in [6.45, 7) is 31.8. The van der Waals surface area contributed by atoms with Crippen LogP contribution in [-0.4, -0.2) is 0 Å². The van der Waals surface area contributed by atoms with Crippen molar-refractivity contribution < 1.29 is 4.74 Å². The van der Waals surface area contributed by atoms with E-state index in [1.165, 1.54) is 27.6 Å². The molecular formula is C61H61NO. The molecule has 0 fully saturated rings. The van der Waals surface area contributed by atoms with Crippen LogP contribution in [0.1, 0.15) is 63.3 Å². The van der Waals surface area contributed by atoms with Crippen LogP contribution < -0.4 is 15.3 Å². The Kier molecular flexibility index (Phi) is 15.5. The van der Waals surface area contributed by atoms with Crippen molar-refractivity contribution >= 4 is 34.3 Å². The molecule has 63 heavy (non-hydrogen) atoms. The molecule has 2 heteroatoms. The summed E-state index contributed by atoms with van der Waals surface area (Å²) < 4.78 is 6.55. The first-order valence-electron chi connectivity index (χ1n) is 22.0. The lowest BCUT2D eigenvalue weighted by molar-refractivity contribution is 0.318. The fourth-order valence-corrected chi connectivity index (χ4v) is 8.52. The average molecular weight is 824 g/mol. The smallest absolute Gasteiger partial charge is 0.130 e. The second-order valence-corrected chi connectivity index (χ2v) is 15.7. The molecule has 0 aliphatic carbocycles. The van der Waals surface area contributed by atoms with E-state index in [0.29, 0.717) is 6.42 Å². The van der Waals surface area contributed by atoms with Gasteiger partial charge < -0.3 is 9.64 Å². The summed E-state index contributed by atoms with van der Waals surface area (Å²) in [5.41, 5.74) is 13.4. The number of allylic oxidation sites excluding steroid dienone is 16. The van der Waals surface area contributed by atoms with Gasteiger partial charge in [0.1, 0.15) is 11.5 Å². The van der Waals surface area contributed by atoms with Crippen molar-refractivity contribution in [1.29, 1.82) is 0 Å². The van der Waals surface area contributed by atoms with Crippen LogP contribution in [0.5, 0.6) is 0 Å². The second kappa shape index (κ2) is 21.6. The largest absolute Gasteiger partial charge is 0.460 e. The van der Waals surface area contributed by atoms with Crippen molar-refractivity contribution in [1.82, 2.24) is 0 Å². The Morgan fingerprint density at radius 3 is 2.14 bits per heavy atom. The van der Waals surface area contributed by atoms with Crippen LogP contribution in [0.2, 0.25) is 0 Å². The molecule has 1 aliphatic rings. The van der Waals surface area contributed by atoms with E-state index in [0.717, 1.165) is 85.1 Å². The highest BCUT2D eigenvalue weighted by Crippen LogP contribution is 2.41. The first-order chi connectivity index (χ1) is 30.7. The molecule has 0 N–H and O–H groups in total. The monoisotopic (exact) mass is 823 g/mol. The first kappa shape index (κ1) is 45.4. The van der Waals surface area contributed by atoms with E-state index in [1.54, 1.807) is 0 Å². The lowest BCUT2D eigenvalue weighted by atomic mass is 9.87.